The molecular weight excluding hydrogens is 577 g/mol. The SMILES string of the molecule is O=C1N=C(N2CCC(Cc3ccccc3)CC2)SC1=Cc1cn(-c2ccccc2)nc1-c1ccc(OCc2ccccc2)cc1. The summed E-state index contributed by atoms with van der Waals surface area (Å²) in [6, 6.07) is 38.8. The monoisotopic (exact) mass is 610 g/mol. The number of benzene rings is 4. The maximum absolute atomic E-state index is 13.1. The lowest BCUT2D eigenvalue weighted by Gasteiger charge is -2.32. The van der Waals surface area contributed by atoms with Gasteiger partial charge in [-0.1, -0.05) is 78.9 Å². The smallest absolute Gasteiger partial charge is 0.286 e. The van der Waals surface area contributed by atoms with Crippen LogP contribution in [0.15, 0.2) is 131 Å². The Morgan fingerprint density at radius 3 is 2.13 bits per heavy atom. The molecule has 1 aromatic heterocycles. The highest BCUT2D eigenvalue weighted by Crippen LogP contribution is 2.35. The Hall–Kier alpha value is -4.88. The lowest BCUT2D eigenvalue weighted by molar-refractivity contribution is -0.113. The number of piperidine rings is 1. The molecule has 7 rings (SSSR count). The number of hydrogen-bond donors (Lipinski definition) is 0. The fraction of sp³-hybridized carbons (Fsp3) is 0.184. The van der Waals surface area contributed by atoms with Gasteiger partial charge in [-0.25, -0.2) is 4.68 Å². The van der Waals surface area contributed by atoms with Crippen LogP contribution in [0.5, 0.6) is 5.75 Å². The Bertz CT molecular complexity index is 1810. The number of aromatic nitrogens is 2. The fourth-order valence-electron chi connectivity index (χ4n) is 5.83. The summed E-state index contributed by atoms with van der Waals surface area (Å²) in [5.41, 5.74) is 6.07. The molecule has 0 unspecified atom stereocenters. The second-order valence-electron chi connectivity index (χ2n) is 11.4. The molecule has 2 aliphatic rings. The molecule has 2 aliphatic heterocycles. The Morgan fingerprint density at radius 2 is 1.44 bits per heavy atom. The molecule has 0 atom stereocenters. The number of rotatable bonds is 8. The van der Waals surface area contributed by atoms with Gasteiger partial charge in [-0.3, -0.25) is 4.79 Å². The molecule has 0 N–H and O–H groups in total. The molecule has 3 heterocycles. The summed E-state index contributed by atoms with van der Waals surface area (Å²) in [4.78, 5) is 20.5. The predicted octanol–water partition coefficient (Wildman–Crippen LogP) is 8.04. The molecule has 4 aromatic carbocycles. The molecule has 1 amide bonds. The van der Waals surface area contributed by atoms with Crippen molar-refractivity contribution in [3.8, 4) is 22.7 Å². The quantitative estimate of drug-likeness (QED) is 0.167. The van der Waals surface area contributed by atoms with Crippen molar-refractivity contribution >= 4 is 28.9 Å². The van der Waals surface area contributed by atoms with E-state index in [1.54, 1.807) is 0 Å². The predicted molar refractivity (Wildman–Crippen MR) is 182 cm³/mol. The van der Waals surface area contributed by atoms with Crippen LogP contribution in [0.4, 0.5) is 0 Å². The van der Waals surface area contributed by atoms with E-state index in [9.17, 15) is 4.79 Å². The molecule has 224 valence electrons. The molecule has 7 heteroatoms. The van der Waals surface area contributed by atoms with Crippen molar-refractivity contribution in [3.63, 3.8) is 0 Å². The van der Waals surface area contributed by atoms with Crippen LogP contribution in [-0.4, -0.2) is 38.8 Å². The van der Waals surface area contributed by atoms with E-state index in [2.05, 4.69) is 52.4 Å². The van der Waals surface area contributed by atoms with Gasteiger partial charge in [0.1, 0.15) is 12.4 Å². The molecule has 1 fully saturated rings. The molecule has 0 bridgehead atoms. The highest BCUT2D eigenvalue weighted by Gasteiger charge is 2.29. The second kappa shape index (κ2) is 13.4. The Kier molecular flexibility index (Phi) is 8.60. The number of likely N-dealkylation sites (tertiary alicyclic amines) is 1. The number of para-hydroxylation sites is 1. The number of amides is 1. The van der Waals surface area contributed by atoms with E-state index in [1.807, 2.05) is 89.8 Å². The molecule has 0 saturated carbocycles. The van der Waals surface area contributed by atoms with E-state index in [4.69, 9.17) is 9.84 Å². The van der Waals surface area contributed by atoms with Gasteiger partial charge in [0.2, 0.25) is 0 Å². The Labute approximate surface area is 268 Å². The maximum Gasteiger partial charge on any atom is 0.286 e. The summed E-state index contributed by atoms with van der Waals surface area (Å²) in [5.74, 6) is 1.25. The third kappa shape index (κ3) is 6.94. The maximum atomic E-state index is 13.1. The van der Waals surface area contributed by atoms with Gasteiger partial charge in [0.15, 0.2) is 5.17 Å². The zero-order valence-corrected chi connectivity index (χ0v) is 25.8. The number of nitrogens with zero attached hydrogens (tertiary/aromatic N) is 4. The van der Waals surface area contributed by atoms with Crippen molar-refractivity contribution in [1.29, 1.82) is 0 Å². The molecular formula is C38H34N4O2S. The summed E-state index contributed by atoms with van der Waals surface area (Å²) in [6.07, 6.45) is 7.22. The summed E-state index contributed by atoms with van der Waals surface area (Å²) < 4.78 is 7.88. The van der Waals surface area contributed by atoms with Crippen LogP contribution in [0, 0.1) is 5.92 Å². The van der Waals surface area contributed by atoms with E-state index in [1.165, 1.54) is 17.3 Å². The minimum Gasteiger partial charge on any atom is -0.489 e. The van der Waals surface area contributed by atoms with Crippen molar-refractivity contribution < 1.29 is 9.53 Å². The minimum absolute atomic E-state index is 0.190. The second-order valence-corrected chi connectivity index (χ2v) is 12.5. The topological polar surface area (TPSA) is 59.7 Å². The number of aliphatic imine (C=N–C) groups is 1. The molecule has 5 aromatic rings. The van der Waals surface area contributed by atoms with Crippen molar-refractivity contribution in [1.82, 2.24) is 14.7 Å². The normalized spacial score (nSPS) is 16.3. The third-order valence-electron chi connectivity index (χ3n) is 8.29. The van der Waals surface area contributed by atoms with Crippen LogP contribution in [0.25, 0.3) is 23.0 Å². The van der Waals surface area contributed by atoms with Gasteiger partial charge in [-0.2, -0.15) is 10.1 Å². The van der Waals surface area contributed by atoms with Gasteiger partial charge in [0.25, 0.3) is 5.91 Å². The molecule has 45 heavy (non-hydrogen) atoms. The average Bonchev–Trinajstić information content (AvgIpc) is 3.69. The summed E-state index contributed by atoms with van der Waals surface area (Å²) in [5, 5.41) is 5.76. The van der Waals surface area contributed by atoms with Crippen LogP contribution in [0.1, 0.15) is 29.5 Å². The molecule has 0 aliphatic carbocycles. The number of ether oxygens (including phenoxy) is 1. The van der Waals surface area contributed by atoms with Gasteiger partial charge in [0.05, 0.1) is 16.3 Å². The lowest BCUT2D eigenvalue weighted by Crippen LogP contribution is -2.37. The first-order chi connectivity index (χ1) is 22.2. The molecule has 1 saturated heterocycles. The zero-order valence-electron chi connectivity index (χ0n) is 25.0. The van der Waals surface area contributed by atoms with E-state index in [0.717, 1.165) is 71.3 Å². The van der Waals surface area contributed by atoms with Crippen molar-refractivity contribution in [2.45, 2.75) is 25.9 Å². The van der Waals surface area contributed by atoms with Crippen LogP contribution in [-0.2, 0) is 17.8 Å². The molecule has 0 radical (unpaired) electrons. The Balaban J connectivity index is 1.08. The number of hydrogen-bond acceptors (Lipinski definition) is 5. The number of carbonyl (C=O) groups excluding carboxylic acids is 1. The minimum atomic E-state index is -0.190. The number of thioether (sulfide) groups is 1. The third-order valence-corrected chi connectivity index (χ3v) is 9.33. The first kappa shape index (κ1) is 28.9. The van der Waals surface area contributed by atoms with Gasteiger partial charge >= 0.3 is 0 Å². The average molecular weight is 611 g/mol. The molecule has 6 nitrogen and oxygen atoms in total. The fourth-order valence-corrected chi connectivity index (χ4v) is 6.79. The zero-order chi connectivity index (χ0) is 30.4. The summed E-state index contributed by atoms with van der Waals surface area (Å²) in [7, 11) is 0. The largest absolute Gasteiger partial charge is 0.489 e. The number of amidine groups is 1. The summed E-state index contributed by atoms with van der Waals surface area (Å²) >= 11 is 1.47. The van der Waals surface area contributed by atoms with Crippen molar-refractivity contribution in [2.75, 3.05) is 13.1 Å². The van der Waals surface area contributed by atoms with Gasteiger partial charge in [-0.05, 0) is 90.5 Å². The first-order valence-corrected chi connectivity index (χ1v) is 16.2. The Morgan fingerprint density at radius 1 is 0.800 bits per heavy atom. The van der Waals surface area contributed by atoms with E-state index in [0.29, 0.717) is 17.4 Å². The highest BCUT2D eigenvalue weighted by molar-refractivity contribution is 8.18. The number of carbonyl (C=O) groups is 1. The van der Waals surface area contributed by atoms with E-state index < -0.39 is 0 Å². The van der Waals surface area contributed by atoms with Gasteiger partial charge in [-0.15, -0.1) is 0 Å². The van der Waals surface area contributed by atoms with Crippen LogP contribution in [0.2, 0.25) is 0 Å². The summed E-state index contributed by atoms with van der Waals surface area (Å²) in [6.45, 7) is 2.34. The van der Waals surface area contributed by atoms with Crippen molar-refractivity contribution in [2.24, 2.45) is 10.9 Å². The van der Waals surface area contributed by atoms with Crippen LogP contribution >= 0.6 is 11.8 Å². The van der Waals surface area contributed by atoms with Gasteiger partial charge in [0, 0.05) is 30.4 Å². The van der Waals surface area contributed by atoms with Crippen LogP contribution in [0.3, 0.4) is 0 Å². The van der Waals surface area contributed by atoms with Crippen molar-refractivity contribution in [3.05, 3.63) is 143 Å². The van der Waals surface area contributed by atoms with E-state index >= 15 is 0 Å². The lowest BCUT2D eigenvalue weighted by atomic mass is 9.90. The van der Waals surface area contributed by atoms with Gasteiger partial charge < -0.3 is 9.64 Å². The molecule has 0 spiro atoms. The van der Waals surface area contributed by atoms with E-state index in [-0.39, 0.29) is 5.91 Å². The highest BCUT2D eigenvalue weighted by atomic mass is 32.2. The first-order valence-electron chi connectivity index (χ1n) is 15.4. The van der Waals surface area contributed by atoms with Crippen LogP contribution < -0.4 is 4.74 Å². The standard InChI is InChI=1S/C38H34N4O2S/c43-37-35(45-38(39-37)41-22-20-29(21-23-41)24-28-10-4-1-5-11-28)25-32-26-42(33-14-8-3-9-15-33)40-36(32)31-16-18-34(19-17-31)44-27-30-12-6-2-7-13-30/h1-19,25-26,29H,20-24,27H2.